The second kappa shape index (κ2) is 12.3. The molecule has 1 saturated heterocycles. The Bertz CT molecular complexity index is 1150. The minimum absolute atomic E-state index is 0.115. The summed E-state index contributed by atoms with van der Waals surface area (Å²) >= 11 is 7.64. The van der Waals surface area contributed by atoms with Crippen molar-refractivity contribution in [2.75, 3.05) is 12.3 Å². The van der Waals surface area contributed by atoms with Crippen molar-refractivity contribution in [3.8, 4) is 5.75 Å². The van der Waals surface area contributed by atoms with Crippen LogP contribution in [0.5, 0.6) is 5.75 Å². The van der Waals surface area contributed by atoms with Gasteiger partial charge in [0.05, 0.1) is 0 Å². The lowest BCUT2D eigenvalue weighted by Crippen LogP contribution is -2.48. The quantitative estimate of drug-likeness (QED) is 0.356. The van der Waals surface area contributed by atoms with E-state index in [4.69, 9.17) is 16.3 Å². The molecule has 2 atom stereocenters. The number of halogens is 1. The Morgan fingerprint density at radius 2 is 1.72 bits per heavy atom. The summed E-state index contributed by atoms with van der Waals surface area (Å²) in [6, 6.07) is 24.0. The van der Waals surface area contributed by atoms with Gasteiger partial charge in [-0.1, -0.05) is 67.9 Å². The van der Waals surface area contributed by atoms with Gasteiger partial charge >= 0.3 is 0 Å². The molecule has 0 spiro atoms. The van der Waals surface area contributed by atoms with E-state index in [9.17, 15) is 9.59 Å². The number of benzene rings is 3. The van der Waals surface area contributed by atoms with Gasteiger partial charge < -0.3 is 15.0 Å². The van der Waals surface area contributed by atoms with Crippen molar-refractivity contribution < 1.29 is 14.3 Å². The summed E-state index contributed by atoms with van der Waals surface area (Å²) in [5.41, 5.74) is 2.56. The Hall–Kier alpha value is -2.96. The molecular weight excluding hydrogens is 492 g/mol. The SMILES string of the molecule is CC(C)CCNC(=O)C1CSC(c2ccc(OCc3ccccc3)cc2)N1C(=O)c1ccc(Cl)cc1. The zero-order valence-electron chi connectivity index (χ0n) is 20.5. The number of rotatable bonds is 9. The molecule has 5 nitrogen and oxygen atoms in total. The van der Waals surface area contributed by atoms with Crippen molar-refractivity contribution in [1.29, 1.82) is 0 Å². The average Bonchev–Trinajstić information content (AvgIpc) is 3.33. The Morgan fingerprint density at radius 1 is 1.03 bits per heavy atom. The van der Waals surface area contributed by atoms with Gasteiger partial charge in [-0.05, 0) is 59.9 Å². The van der Waals surface area contributed by atoms with Crippen molar-refractivity contribution >= 4 is 35.2 Å². The minimum Gasteiger partial charge on any atom is -0.489 e. The topological polar surface area (TPSA) is 58.6 Å². The zero-order chi connectivity index (χ0) is 25.5. The van der Waals surface area contributed by atoms with Crippen LogP contribution in [0.25, 0.3) is 0 Å². The van der Waals surface area contributed by atoms with Crippen LogP contribution in [-0.4, -0.2) is 35.1 Å². The average molecular weight is 523 g/mol. The molecule has 2 unspecified atom stereocenters. The molecule has 2 amide bonds. The van der Waals surface area contributed by atoms with Gasteiger partial charge in [0.2, 0.25) is 5.91 Å². The molecule has 0 radical (unpaired) electrons. The van der Waals surface area contributed by atoms with E-state index in [-0.39, 0.29) is 17.2 Å². The molecule has 1 aliphatic rings. The molecule has 7 heteroatoms. The molecule has 0 aliphatic carbocycles. The second-order valence-corrected chi connectivity index (χ2v) is 10.8. The molecule has 188 valence electrons. The molecule has 4 rings (SSSR count). The smallest absolute Gasteiger partial charge is 0.255 e. The van der Waals surface area contributed by atoms with E-state index < -0.39 is 6.04 Å². The van der Waals surface area contributed by atoms with E-state index in [2.05, 4.69) is 19.2 Å². The van der Waals surface area contributed by atoms with Crippen LogP contribution in [0, 0.1) is 5.92 Å². The van der Waals surface area contributed by atoms with Crippen molar-refractivity contribution in [3.05, 3.63) is 101 Å². The summed E-state index contributed by atoms with van der Waals surface area (Å²) in [4.78, 5) is 28.5. The van der Waals surface area contributed by atoms with Crippen LogP contribution in [0.15, 0.2) is 78.9 Å². The fourth-order valence-electron chi connectivity index (χ4n) is 4.03. The standard InChI is InChI=1S/C29H31ClN2O3S/c1-20(2)16-17-31-27(33)26-19-36-29(32(26)28(34)22-8-12-24(30)13-9-22)23-10-14-25(15-11-23)35-18-21-6-4-3-5-7-21/h3-15,20,26,29H,16-19H2,1-2H3,(H,31,33). The third-order valence-electron chi connectivity index (χ3n) is 6.06. The Kier molecular flexibility index (Phi) is 8.94. The molecule has 3 aromatic rings. The third kappa shape index (κ3) is 6.62. The van der Waals surface area contributed by atoms with Crippen molar-refractivity contribution in [1.82, 2.24) is 10.2 Å². The van der Waals surface area contributed by atoms with E-state index in [0.29, 0.717) is 35.4 Å². The fraction of sp³-hybridized carbons (Fsp3) is 0.310. The van der Waals surface area contributed by atoms with Gasteiger partial charge in [0, 0.05) is 22.9 Å². The van der Waals surface area contributed by atoms with E-state index in [1.807, 2.05) is 54.6 Å². The first kappa shape index (κ1) is 26.1. The van der Waals surface area contributed by atoms with Crippen LogP contribution in [0.1, 0.15) is 47.1 Å². The van der Waals surface area contributed by atoms with Crippen molar-refractivity contribution in [3.63, 3.8) is 0 Å². The molecule has 0 aromatic heterocycles. The summed E-state index contributed by atoms with van der Waals surface area (Å²) in [5.74, 6) is 1.48. The summed E-state index contributed by atoms with van der Waals surface area (Å²) in [6.07, 6.45) is 0.893. The van der Waals surface area contributed by atoms with E-state index >= 15 is 0 Å². The first-order valence-corrected chi connectivity index (χ1v) is 13.6. The highest BCUT2D eigenvalue weighted by Gasteiger charge is 2.42. The Balaban J connectivity index is 1.52. The van der Waals surface area contributed by atoms with E-state index in [1.54, 1.807) is 40.9 Å². The minimum atomic E-state index is -0.552. The normalized spacial score (nSPS) is 17.3. The summed E-state index contributed by atoms with van der Waals surface area (Å²) < 4.78 is 5.92. The monoisotopic (exact) mass is 522 g/mol. The first-order chi connectivity index (χ1) is 17.4. The van der Waals surface area contributed by atoms with Crippen LogP contribution in [-0.2, 0) is 11.4 Å². The molecule has 0 bridgehead atoms. The molecule has 1 aliphatic heterocycles. The molecule has 1 heterocycles. The van der Waals surface area contributed by atoms with Gasteiger partial charge in [-0.3, -0.25) is 9.59 Å². The van der Waals surface area contributed by atoms with Gasteiger partial charge in [0.25, 0.3) is 5.91 Å². The van der Waals surface area contributed by atoms with Gasteiger partial charge in [0.1, 0.15) is 23.8 Å². The number of hydrogen-bond donors (Lipinski definition) is 1. The predicted molar refractivity (Wildman–Crippen MR) is 146 cm³/mol. The number of hydrogen-bond acceptors (Lipinski definition) is 4. The molecule has 36 heavy (non-hydrogen) atoms. The molecule has 0 saturated carbocycles. The lowest BCUT2D eigenvalue weighted by atomic mass is 10.1. The lowest BCUT2D eigenvalue weighted by molar-refractivity contribution is -0.124. The number of amides is 2. The maximum absolute atomic E-state index is 13.6. The number of ether oxygens (including phenoxy) is 1. The van der Waals surface area contributed by atoms with Crippen LogP contribution < -0.4 is 10.1 Å². The molecule has 1 N–H and O–H groups in total. The fourth-order valence-corrected chi connectivity index (χ4v) is 5.58. The van der Waals surface area contributed by atoms with E-state index in [0.717, 1.165) is 23.3 Å². The zero-order valence-corrected chi connectivity index (χ0v) is 22.1. The molecular formula is C29H31ClN2O3S. The summed E-state index contributed by atoms with van der Waals surface area (Å²) in [6.45, 7) is 5.32. The molecule has 1 fully saturated rings. The number of nitrogens with one attached hydrogen (secondary N) is 1. The maximum atomic E-state index is 13.6. The first-order valence-electron chi connectivity index (χ1n) is 12.2. The third-order valence-corrected chi connectivity index (χ3v) is 7.64. The largest absolute Gasteiger partial charge is 0.489 e. The Morgan fingerprint density at radius 3 is 2.39 bits per heavy atom. The number of nitrogens with zero attached hydrogens (tertiary/aromatic N) is 1. The highest BCUT2D eigenvalue weighted by Crippen LogP contribution is 2.42. The summed E-state index contributed by atoms with van der Waals surface area (Å²) in [5, 5.41) is 3.31. The van der Waals surface area contributed by atoms with Gasteiger partial charge in [-0.15, -0.1) is 11.8 Å². The second-order valence-electron chi connectivity index (χ2n) is 9.24. The maximum Gasteiger partial charge on any atom is 0.255 e. The predicted octanol–water partition coefficient (Wildman–Crippen LogP) is 6.34. The number of carbonyl (C=O) groups excluding carboxylic acids is 2. The van der Waals surface area contributed by atoms with Crippen molar-refractivity contribution in [2.45, 2.75) is 38.3 Å². The summed E-state index contributed by atoms with van der Waals surface area (Å²) in [7, 11) is 0. The van der Waals surface area contributed by atoms with E-state index in [1.165, 1.54) is 0 Å². The van der Waals surface area contributed by atoms with Gasteiger partial charge in [-0.2, -0.15) is 0 Å². The highest BCUT2D eigenvalue weighted by molar-refractivity contribution is 7.99. The highest BCUT2D eigenvalue weighted by atomic mass is 35.5. The van der Waals surface area contributed by atoms with Crippen LogP contribution in [0.4, 0.5) is 0 Å². The van der Waals surface area contributed by atoms with Crippen molar-refractivity contribution in [2.24, 2.45) is 5.92 Å². The molecule has 3 aromatic carbocycles. The number of carbonyl (C=O) groups is 2. The van der Waals surface area contributed by atoms with Gasteiger partial charge in [-0.25, -0.2) is 0 Å². The lowest BCUT2D eigenvalue weighted by Gasteiger charge is -2.29. The van der Waals surface area contributed by atoms with Crippen LogP contribution in [0.3, 0.4) is 0 Å². The van der Waals surface area contributed by atoms with Gasteiger partial charge in [0.15, 0.2) is 0 Å². The van der Waals surface area contributed by atoms with Crippen LogP contribution >= 0.6 is 23.4 Å². The van der Waals surface area contributed by atoms with Crippen LogP contribution in [0.2, 0.25) is 5.02 Å². The Labute approximate surface area is 222 Å². The number of thioether (sulfide) groups is 1.